The van der Waals surface area contributed by atoms with Gasteiger partial charge in [0.05, 0.1) is 0 Å². The molecular formula is C13H10O3. The fourth-order valence-electron chi connectivity index (χ4n) is 1.46. The van der Waals surface area contributed by atoms with Crippen molar-refractivity contribution in [2.75, 3.05) is 0 Å². The van der Waals surface area contributed by atoms with Crippen LogP contribution in [0.2, 0.25) is 0 Å². The minimum Gasteiger partial charge on any atom is -0.475 e. The van der Waals surface area contributed by atoms with Crippen LogP contribution in [0.1, 0.15) is 0 Å². The van der Waals surface area contributed by atoms with Gasteiger partial charge in [0.1, 0.15) is 5.75 Å². The van der Waals surface area contributed by atoms with Crippen LogP contribution in [-0.2, 0) is 4.79 Å². The molecule has 2 aromatic carbocycles. The minimum absolute atomic E-state index is 0.281. The number of aliphatic carboxylic acids is 1. The number of ether oxygens (including phenoxy) is 1. The maximum absolute atomic E-state index is 10.6. The molecule has 0 aromatic heterocycles. The summed E-state index contributed by atoms with van der Waals surface area (Å²) in [6.45, 7) is 3.33. The third-order valence-corrected chi connectivity index (χ3v) is 2.22. The Morgan fingerprint density at radius 3 is 2.56 bits per heavy atom. The van der Waals surface area contributed by atoms with Crippen molar-refractivity contribution in [1.29, 1.82) is 0 Å². The normalized spacial score (nSPS) is 10.0. The molecule has 0 aliphatic heterocycles. The van der Waals surface area contributed by atoms with Gasteiger partial charge in [-0.25, -0.2) is 4.79 Å². The second kappa shape index (κ2) is 4.06. The van der Waals surface area contributed by atoms with E-state index in [1.807, 2.05) is 36.4 Å². The lowest BCUT2D eigenvalue weighted by Crippen LogP contribution is -2.05. The van der Waals surface area contributed by atoms with Crippen molar-refractivity contribution in [1.82, 2.24) is 0 Å². The van der Waals surface area contributed by atoms with E-state index in [1.165, 1.54) is 0 Å². The van der Waals surface area contributed by atoms with Crippen LogP contribution in [0, 0.1) is 0 Å². The quantitative estimate of drug-likeness (QED) is 0.631. The Hall–Kier alpha value is -2.29. The standard InChI is InChI=1S/C13H10O3/c1-9(13(14)15)16-12-8-4-6-10-5-2-3-7-11(10)12/h2-8H,1H2,(H,14,15). The van der Waals surface area contributed by atoms with Crippen LogP contribution in [0.15, 0.2) is 54.8 Å². The number of fused-ring (bicyclic) bond motifs is 1. The first-order chi connectivity index (χ1) is 7.68. The van der Waals surface area contributed by atoms with Gasteiger partial charge in [-0.3, -0.25) is 0 Å². The van der Waals surface area contributed by atoms with Crippen LogP contribution in [-0.4, -0.2) is 11.1 Å². The predicted octanol–water partition coefficient (Wildman–Crippen LogP) is 2.82. The highest BCUT2D eigenvalue weighted by molar-refractivity contribution is 5.90. The minimum atomic E-state index is -1.16. The highest BCUT2D eigenvalue weighted by atomic mass is 16.5. The molecule has 3 nitrogen and oxygen atoms in total. The lowest BCUT2D eigenvalue weighted by atomic mass is 10.1. The highest BCUT2D eigenvalue weighted by Crippen LogP contribution is 2.26. The van der Waals surface area contributed by atoms with Crippen LogP contribution in [0.25, 0.3) is 10.8 Å². The smallest absolute Gasteiger partial charge is 0.371 e. The number of benzene rings is 2. The van der Waals surface area contributed by atoms with E-state index in [2.05, 4.69) is 6.58 Å². The lowest BCUT2D eigenvalue weighted by molar-refractivity contribution is -0.134. The summed E-state index contributed by atoms with van der Waals surface area (Å²) in [7, 11) is 0. The summed E-state index contributed by atoms with van der Waals surface area (Å²) in [5.74, 6) is -0.935. The van der Waals surface area contributed by atoms with Crippen LogP contribution in [0.4, 0.5) is 0 Å². The van der Waals surface area contributed by atoms with Crippen molar-refractivity contribution in [3.8, 4) is 5.75 Å². The Bertz CT molecular complexity index is 553. The van der Waals surface area contributed by atoms with E-state index >= 15 is 0 Å². The van der Waals surface area contributed by atoms with Crippen molar-refractivity contribution in [2.45, 2.75) is 0 Å². The molecule has 0 saturated carbocycles. The van der Waals surface area contributed by atoms with Gasteiger partial charge >= 0.3 is 5.97 Å². The number of hydrogen-bond donors (Lipinski definition) is 1. The fourth-order valence-corrected chi connectivity index (χ4v) is 1.46. The summed E-state index contributed by atoms with van der Waals surface area (Å²) in [6, 6.07) is 13.1. The second-order valence-corrected chi connectivity index (χ2v) is 3.31. The van der Waals surface area contributed by atoms with Gasteiger partial charge in [-0.05, 0) is 18.0 Å². The predicted molar refractivity (Wildman–Crippen MR) is 61.4 cm³/mol. The summed E-state index contributed by atoms with van der Waals surface area (Å²) in [4.78, 5) is 10.6. The van der Waals surface area contributed by atoms with Crippen molar-refractivity contribution < 1.29 is 14.6 Å². The molecule has 16 heavy (non-hydrogen) atoms. The molecule has 0 radical (unpaired) electrons. The Morgan fingerprint density at radius 1 is 1.12 bits per heavy atom. The van der Waals surface area contributed by atoms with Crippen LogP contribution in [0.5, 0.6) is 5.75 Å². The molecule has 0 fully saturated rings. The monoisotopic (exact) mass is 214 g/mol. The van der Waals surface area contributed by atoms with E-state index in [9.17, 15) is 4.79 Å². The summed E-state index contributed by atoms with van der Waals surface area (Å²) < 4.78 is 5.20. The van der Waals surface area contributed by atoms with E-state index in [0.29, 0.717) is 5.75 Å². The Balaban J connectivity index is 2.45. The average Bonchev–Trinajstić information content (AvgIpc) is 2.29. The summed E-state index contributed by atoms with van der Waals surface area (Å²) in [6.07, 6.45) is 0. The van der Waals surface area contributed by atoms with E-state index in [1.54, 1.807) is 6.07 Å². The average molecular weight is 214 g/mol. The molecule has 0 spiro atoms. The van der Waals surface area contributed by atoms with Gasteiger partial charge in [0.15, 0.2) is 0 Å². The summed E-state index contributed by atoms with van der Waals surface area (Å²) >= 11 is 0. The van der Waals surface area contributed by atoms with Crippen LogP contribution < -0.4 is 4.74 Å². The molecule has 2 aromatic rings. The van der Waals surface area contributed by atoms with Crippen LogP contribution in [0.3, 0.4) is 0 Å². The van der Waals surface area contributed by atoms with Gasteiger partial charge in [0.2, 0.25) is 5.76 Å². The topological polar surface area (TPSA) is 46.5 Å². The largest absolute Gasteiger partial charge is 0.475 e. The molecule has 3 heteroatoms. The van der Waals surface area contributed by atoms with Gasteiger partial charge < -0.3 is 9.84 Å². The van der Waals surface area contributed by atoms with Crippen molar-refractivity contribution in [3.05, 3.63) is 54.8 Å². The van der Waals surface area contributed by atoms with E-state index in [-0.39, 0.29) is 5.76 Å². The third kappa shape index (κ3) is 1.88. The van der Waals surface area contributed by atoms with Crippen molar-refractivity contribution >= 4 is 16.7 Å². The molecule has 0 aliphatic rings. The maximum Gasteiger partial charge on any atom is 0.371 e. The summed E-state index contributed by atoms with van der Waals surface area (Å²) in [5.41, 5.74) is 0. The third-order valence-electron chi connectivity index (χ3n) is 2.22. The second-order valence-electron chi connectivity index (χ2n) is 3.31. The first-order valence-electron chi connectivity index (χ1n) is 4.76. The van der Waals surface area contributed by atoms with Crippen molar-refractivity contribution in [2.24, 2.45) is 0 Å². The van der Waals surface area contributed by atoms with Gasteiger partial charge in [0, 0.05) is 5.39 Å². The zero-order chi connectivity index (χ0) is 11.5. The number of carboxylic acid groups (broad SMARTS) is 1. The molecule has 0 saturated heterocycles. The molecule has 2 rings (SSSR count). The molecule has 0 aliphatic carbocycles. The number of carbonyl (C=O) groups is 1. The van der Waals surface area contributed by atoms with Gasteiger partial charge in [-0.15, -0.1) is 0 Å². The fraction of sp³-hybridized carbons (Fsp3) is 0. The first-order valence-corrected chi connectivity index (χ1v) is 4.76. The lowest BCUT2D eigenvalue weighted by Gasteiger charge is -2.07. The molecule has 0 heterocycles. The SMILES string of the molecule is C=C(Oc1cccc2ccccc12)C(=O)O. The molecule has 1 N–H and O–H groups in total. The first kappa shape index (κ1) is 10.2. The molecular weight excluding hydrogens is 204 g/mol. The Labute approximate surface area is 92.6 Å². The maximum atomic E-state index is 10.6. The van der Waals surface area contributed by atoms with E-state index in [4.69, 9.17) is 9.84 Å². The number of rotatable bonds is 3. The summed E-state index contributed by atoms with van der Waals surface area (Å²) in [5, 5.41) is 10.6. The Kier molecular flexibility index (Phi) is 2.60. The molecule has 0 atom stereocenters. The van der Waals surface area contributed by atoms with Gasteiger partial charge in [0.25, 0.3) is 0 Å². The molecule has 0 unspecified atom stereocenters. The van der Waals surface area contributed by atoms with Crippen LogP contribution >= 0.6 is 0 Å². The molecule has 0 amide bonds. The molecule has 0 bridgehead atoms. The highest BCUT2D eigenvalue weighted by Gasteiger charge is 2.08. The Morgan fingerprint density at radius 2 is 1.81 bits per heavy atom. The number of carboxylic acids is 1. The van der Waals surface area contributed by atoms with Gasteiger partial charge in [-0.1, -0.05) is 36.4 Å². The zero-order valence-electron chi connectivity index (χ0n) is 8.51. The van der Waals surface area contributed by atoms with E-state index < -0.39 is 5.97 Å². The number of hydrogen-bond acceptors (Lipinski definition) is 2. The molecule has 80 valence electrons. The van der Waals surface area contributed by atoms with Gasteiger partial charge in [-0.2, -0.15) is 0 Å². The van der Waals surface area contributed by atoms with E-state index in [0.717, 1.165) is 10.8 Å². The van der Waals surface area contributed by atoms with Crippen molar-refractivity contribution in [3.63, 3.8) is 0 Å². The zero-order valence-corrected chi connectivity index (χ0v) is 8.51.